The summed E-state index contributed by atoms with van der Waals surface area (Å²) in [7, 11) is 0. The minimum absolute atomic E-state index is 0.971. The Bertz CT molecular complexity index is 672. The largest absolute Gasteiger partial charge is 0.256 e. The number of aryl methyl sites for hydroxylation is 1. The standard InChI is InChI=1S/C17H15N/c1-13-10-15-8-5-9-18-17(15)12-16(13)11-14-6-3-2-4-7-14/h2-10,12H,11H2,1H3. The number of pyridine rings is 1. The highest BCUT2D eigenvalue weighted by Crippen LogP contribution is 2.20. The molecule has 88 valence electrons. The van der Waals surface area contributed by atoms with Gasteiger partial charge in [-0.25, -0.2) is 0 Å². The number of rotatable bonds is 2. The summed E-state index contributed by atoms with van der Waals surface area (Å²) in [5.74, 6) is 0. The first-order valence-corrected chi connectivity index (χ1v) is 6.21. The van der Waals surface area contributed by atoms with E-state index in [0.717, 1.165) is 11.9 Å². The lowest BCUT2D eigenvalue weighted by atomic mass is 9.98. The van der Waals surface area contributed by atoms with Gasteiger partial charge < -0.3 is 0 Å². The molecule has 3 aromatic rings. The summed E-state index contributed by atoms with van der Waals surface area (Å²) in [6, 6.07) is 19.1. The SMILES string of the molecule is Cc1cc2cccnc2cc1Cc1ccccc1. The van der Waals surface area contributed by atoms with Gasteiger partial charge in [-0.3, -0.25) is 4.98 Å². The minimum atomic E-state index is 0.971. The van der Waals surface area contributed by atoms with E-state index in [-0.39, 0.29) is 0 Å². The van der Waals surface area contributed by atoms with Gasteiger partial charge in [0.15, 0.2) is 0 Å². The minimum Gasteiger partial charge on any atom is -0.256 e. The van der Waals surface area contributed by atoms with E-state index in [1.54, 1.807) is 0 Å². The smallest absolute Gasteiger partial charge is 0.0704 e. The van der Waals surface area contributed by atoms with Gasteiger partial charge in [0.1, 0.15) is 0 Å². The molecule has 0 spiro atoms. The summed E-state index contributed by atoms with van der Waals surface area (Å²) in [5, 5.41) is 1.21. The lowest BCUT2D eigenvalue weighted by molar-refractivity contribution is 1.16. The van der Waals surface area contributed by atoms with E-state index in [2.05, 4.69) is 60.4 Å². The van der Waals surface area contributed by atoms with Gasteiger partial charge in [-0.1, -0.05) is 36.4 Å². The molecule has 1 nitrogen and oxygen atoms in total. The van der Waals surface area contributed by atoms with Gasteiger partial charge in [-0.15, -0.1) is 0 Å². The molecule has 1 heteroatoms. The third kappa shape index (κ3) is 2.12. The Hall–Kier alpha value is -2.15. The molecule has 0 aliphatic heterocycles. The van der Waals surface area contributed by atoms with Crippen LogP contribution in [-0.2, 0) is 6.42 Å². The predicted molar refractivity (Wildman–Crippen MR) is 75.7 cm³/mol. The second-order valence-corrected chi connectivity index (χ2v) is 4.64. The number of hydrogen-bond donors (Lipinski definition) is 0. The number of nitrogens with zero attached hydrogens (tertiary/aromatic N) is 1. The topological polar surface area (TPSA) is 12.9 Å². The van der Waals surface area contributed by atoms with Crippen molar-refractivity contribution in [3.05, 3.63) is 77.5 Å². The van der Waals surface area contributed by atoms with E-state index >= 15 is 0 Å². The van der Waals surface area contributed by atoms with E-state index in [1.807, 2.05) is 12.3 Å². The number of fused-ring (bicyclic) bond motifs is 1. The Morgan fingerprint density at radius 3 is 2.61 bits per heavy atom. The molecule has 0 radical (unpaired) electrons. The van der Waals surface area contributed by atoms with Gasteiger partial charge in [0.05, 0.1) is 5.52 Å². The van der Waals surface area contributed by atoms with Crippen molar-refractivity contribution in [2.45, 2.75) is 13.3 Å². The van der Waals surface area contributed by atoms with Crippen molar-refractivity contribution in [3.8, 4) is 0 Å². The maximum absolute atomic E-state index is 4.42. The van der Waals surface area contributed by atoms with E-state index < -0.39 is 0 Å². The van der Waals surface area contributed by atoms with Crippen LogP contribution < -0.4 is 0 Å². The average molecular weight is 233 g/mol. The monoisotopic (exact) mass is 233 g/mol. The molecule has 0 unspecified atom stereocenters. The Morgan fingerprint density at radius 1 is 0.944 bits per heavy atom. The molecular weight excluding hydrogens is 218 g/mol. The van der Waals surface area contributed by atoms with Crippen molar-refractivity contribution in [2.75, 3.05) is 0 Å². The van der Waals surface area contributed by atoms with Crippen molar-refractivity contribution < 1.29 is 0 Å². The first-order valence-electron chi connectivity index (χ1n) is 6.21. The van der Waals surface area contributed by atoms with Crippen molar-refractivity contribution in [3.63, 3.8) is 0 Å². The van der Waals surface area contributed by atoms with Crippen LogP contribution in [0.5, 0.6) is 0 Å². The fraction of sp³-hybridized carbons (Fsp3) is 0.118. The molecule has 2 aromatic carbocycles. The van der Waals surface area contributed by atoms with Gasteiger partial charge in [-0.2, -0.15) is 0 Å². The molecule has 3 rings (SSSR count). The predicted octanol–water partition coefficient (Wildman–Crippen LogP) is 4.13. The van der Waals surface area contributed by atoms with Crippen LogP contribution in [-0.4, -0.2) is 4.98 Å². The molecule has 0 bridgehead atoms. The lowest BCUT2D eigenvalue weighted by Crippen LogP contribution is -1.93. The third-order valence-electron chi connectivity index (χ3n) is 3.30. The van der Waals surface area contributed by atoms with E-state index in [4.69, 9.17) is 0 Å². The van der Waals surface area contributed by atoms with Crippen molar-refractivity contribution in [1.29, 1.82) is 0 Å². The summed E-state index contributed by atoms with van der Waals surface area (Å²) in [5.41, 5.74) is 5.11. The quantitative estimate of drug-likeness (QED) is 0.648. The molecule has 0 N–H and O–H groups in total. The highest BCUT2D eigenvalue weighted by Gasteiger charge is 2.03. The zero-order chi connectivity index (χ0) is 12.4. The van der Waals surface area contributed by atoms with Crippen LogP contribution in [0.2, 0.25) is 0 Å². The molecule has 18 heavy (non-hydrogen) atoms. The van der Waals surface area contributed by atoms with Crippen LogP contribution in [0.3, 0.4) is 0 Å². The molecule has 0 saturated carbocycles. The summed E-state index contributed by atoms with van der Waals surface area (Å²) in [6.45, 7) is 2.17. The van der Waals surface area contributed by atoms with Gasteiger partial charge in [0, 0.05) is 11.6 Å². The molecule has 0 amide bonds. The maximum atomic E-state index is 4.42. The number of aromatic nitrogens is 1. The second-order valence-electron chi connectivity index (χ2n) is 4.64. The molecule has 0 atom stereocenters. The summed E-state index contributed by atoms with van der Waals surface area (Å²) < 4.78 is 0. The maximum Gasteiger partial charge on any atom is 0.0704 e. The Morgan fingerprint density at radius 2 is 1.78 bits per heavy atom. The average Bonchev–Trinajstić information content (AvgIpc) is 2.41. The van der Waals surface area contributed by atoms with Crippen LogP contribution in [0, 0.1) is 6.92 Å². The number of hydrogen-bond acceptors (Lipinski definition) is 1. The van der Waals surface area contributed by atoms with Crippen LogP contribution in [0.1, 0.15) is 16.7 Å². The molecule has 0 aliphatic carbocycles. The molecule has 0 saturated heterocycles. The van der Waals surface area contributed by atoms with Crippen LogP contribution in [0.15, 0.2) is 60.8 Å². The first kappa shape index (κ1) is 11.0. The van der Waals surface area contributed by atoms with Gasteiger partial charge in [-0.05, 0) is 48.2 Å². The zero-order valence-corrected chi connectivity index (χ0v) is 10.4. The zero-order valence-electron chi connectivity index (χ0n) is 10.4. The number of benzene rings is 2. The summed E-state index contributed by atoms with van der Waals surface area (Å²) >= 11 is 0. The summed E-state index contributed by atoms with van der Waals surface area (Å²) in [6.07, 6.45) is 2.82. The van der Waals surface area contributed by atoms with Gasteiger partial charge in [0.2, 0.25) is 0 Å². The fourth-order valence-corrected chi connectivity index (χ4v) is 2.28. The van der Waals surface area contributed by atoms with Gasteiger partial charge >= 0.3 is 0 Å². The highest BCUT2D eigenvalue weighted by molar-refractivity contribution is 5.80. The van der Waals surface area contributed by atoms with Crippen molar-refractivity contribution in [1.82, 2.24) is 4.98 Å². The third-order valence-corrected chi connectivity index (χ3v) is 3.30. The van der Waals surface area contributed by atoms with Crippen LogP contribution in [0.25, 0.3) is 10.9 Å². The molecule has 0 aliphatic rings. The Kier molecular flexibility index (Phi) is 2.81. The lowest BCUT2D eigenvalue weighted by Gasteiger charge is -2.08. The van der Waals surface area contributed by atoms with E-state index in [1.165, 1.54) is 22.1 Å². The van der Waals surface area contributed by atoms with Gasteiger partial charge in [0.25, 0.3) is 0 Å². The fourth-order valence-electron chi connectivity index (χ4n) is 2.28. The van der Waals surface area contributed by atoms with Crippen molar-refractivity contribution in [2.24, 2.45) is 0 Å². The van der Waals surface area contributed by atoms with E-state index in [0.29, 0.717) is 0 Å². The molecule has 1 aromatic heterocycles. The summed E-state index contributed by atoms with van der Waals surface area (Å²) in [4.78, 5) is 4.42. The Balaban J connectivity index is 2.04. The molecular formula is C17H15N. The molecule has 1 heterocycles. The normalized spacial score (nSPS) is 10.7. The van der Waals surface area contributed by atoms with Crippen LogP contribution >= 0.6 is 0 Å². The second kappa shape index (κ2) is 4.61. The highest BCUT2D eigenvalue weighted by atomic mass is 14.6. The van der Waals surface area contributed by atoms with E-state index in [9.17, 15) is 0 Å². The first-order chi connectivity index (χ1) is 8.83. The Labute approximate surface area is 107 Å². The van der Waals surface area contributed by atoms with Crippen molar-refractivity contribution >= 4 is 10.9 Å². The van der Waals surface area contributed by atoms with Crippen LogP contribution in [0.4, 0.5) is 0 Å². The molecule has 0 fully saturated rings.